The van der Waals surface area contributed by atoms with Gasteiger partial charge in [0.05, 0.1) is 22.5 Å². The average Bonchev–Trinajstić information content (AvgIpc) is 3.16. The van der Waals surface area contributed by atoms with E-state index in [1.807, 2.05) is 19.1 Å². The molecule has 4 rings (SSSR count). The van der Waals surface area contributed by atoms with Crippen molar-refractivity contribution >= 4 is 63.9 Å². The summed E-state index contributed by atoms with van der Waals surface area (Å²) in [6, 6.07) is 1.66. The number of urea groups is 1. The predicted molar refractivity (Wildman–Crippen MR) is 143 cm³/mol. The number of allylic oxidation sites excluding steroid dienone is 4. The molecule has 2 aromatic rings. The van der Waals surface area contributed by atoms with Gasteiger partial charge in [-0.2, -0.15) is 0 Å². The number of hydrogen-bond acceptors (Lipinski definition) is 5. The molecule has 3 heterocycles. The fourth-order valence-corrected chi connectivity index (χ4v) is 5.49. The van der Waals surface area contributed by atoms with E-state index in [1.165, 1.54) is 30.6 Å². The molecule has 0 unspecified atom stereocenters. The van der Waals surface area contributed by atoms with E-state index in [1.54, 1.807) is 23.2 Å². The largest absolute Gasteiger partial charge is 0.349 e. The third kappa shape index (κ3) is 5.04. The number of amides is 3. The van der Waals surface area contributed by atoms with Crippen molar-refractivity contribution in [3.63, 3.8) is 0 Å². The lowest BCUT2D eigenvalue weighted by Crippen LogP contribution is -2.38. The lowest BCUT2D eigenvalue weighted by atomic mass is 9.95. The molecule has 3 amide bonds. The number of anilines is 2. The molecule has 0 spiro atoms. The van der Waals surface area contributed by atoms with Crippen LogP contribution in [0.4, 0.5) is 16.2 Å². The molecule has 1 aliphatic heterocycles. The van der Waals surface area contributed by atoms with E-state index in [0.29, 0.717) is 28.5 Å². The summed E-state index contributed by atoms with van der Waals surface area (Å²) in [5, 5.41) is 6.95. The summed E-state index contributed by atoms with van der Waals surface area (Å²) >= 11 is 5.61. The van der Waals surface area contributed by atoms with Crippen LogP contribution in [0.5, 0.6) is 0 Å². The van der Waals surface area contributed by atoms with E-state index in [0.717, 1.165) is 41.4 Å². The first-order valence-electron chi connectivity index (χ1n) is 11.5. The van der Waals surface area contributed by atoms with Crippen molar-refractivity contribution in [1.29, 1.82) is 0 Å². The number of thiol groups is 1. The Bertz CT molecular complexity index is 1130. The van der Waals surface area contributed by atoms with E-state index in [2.05, 4.69) is 34.7 Å². The topological polar surface area (TPSA) is 74.3 Å². The van der Waals surface area contributed by atoms with Crippen LogP contribution < -0.4 is 15.5 Å². The highest BCUT2D eigenvalue weighted by molar-refractivity contribution is 8.07. The second kappa shape index (κ2) is 10.6. The first-order valence-corrected chi connectivity index (χ1v) is 12.9. The number of carbonyl (C=O) groups is 2. The van der Waals surface area contributed by atoms with Crippen molar-refractivity contribution in [2.45, 2.75) is 57.9 Å². The number of pyridine rings is 1. The minimum atomic E-state index is -0.323. The molecule has 1 fully saturated rings. The van der Waals surface area contributed by atoms with Gasteiger partial charge in [-0.1, -0.05) is 57.2 Å². The van der Waals surface area contributed by atoms with Gasteiger partial charge in [-0.15, -0.1) is 11.3 Å². The Balaban J connectivity index is 1.69. The van der Waals surface area contributed by atoms with Gasteiger partial charge in [-0.25, -0.2) is 22.3 Å². The second-order valence-corrected chi connectivity index (χ2v) is 9.88. The zero-order valence-electron chi connectivity index (χ0n) is 18.9. The van der Waals surface area contributed by atoms with Crippen LogP contribution in [0, 0.1) is 0 Å². The van der Waals surface area contributed by atoms with Crippen LogP contribution in [0.25, 0.3) is 10.2 Å². The molecule has 2 aromatic heterocycles. The van der Waals surface area contributed by atoms with Crippen molar-refractivity contribution < 1.29 is 9.59 Å². The first-order chi connectivity index (χ1) is 16.0. The number of carbonyl (C=O) groups excluding carboxylic acids is 2. The summed E-state index contributed by atoms with van der Waals surface area (Å²) in [7, 11) is 0. The van der Waals surface area contributed by atoms with Gasteiger partial charge in [0.2, 0.25) is 6.56 Å². The third-order valence-corrected chi connectivity index (χ3v) is 7.74. The molecular weight excluding hydrogens is 451 g/mol. The summed E-state index contributed by atoms with van der Waals surface area (Å²) in [6.07, 6.45) is 15.1. The maximum atomic E-state index is 13.2. The van der Waals surface area contributed by atoms with Gasteiger partial charge in [0.15, 0.2) is 0 Å². The van der Waals surface area contributed by atoms with E-state index < -0.39 is 0 Å². The van der Waals surface area contributed by atoms with Gasteiger partial charge in [0.25, 0.3) is 5.91 Å². The Kier molecular flexibility index (Phi) is 7.60. The standard InChI is InChI=1S/C24H29BN4O2S2/c1-3-17(12-11-15(2)25-32)29-18-13-14-26-23-19(18)20(28-24(29)31)21(33-23)22(30)27-16-9-7-5-4-6-8-10-16/h3,11-14,16,25,32H,1,4-10H2,2H3,(H,27,30)(H,28,31)/b15-11+,17-12+. The lowest BCUT2D eigenvalue weighted by molar-refractivity contribution is 0.0935. The predicted octanol–water partition coefficient (Wildman–Crippen LogP) is 5.75. The Morgan fingerprint density at radius 1 is 1.30 bits per heavy atom. The number of nitrogens with zero attached hydrogens (tertiary/aromatic N) is 2. The Labute approximate surface area is 204 Å². The van der Waals surface area contributed by atoms with Crippen molar-refractivity contribution in [3.05, 3.63) is 53.1 Å². The van der Waals surface area contributed by atoms with Crippen LogP contribution in [-0.2, 0) is 0 Å². The van der Waals surface area contributed by atoms with Gasteiger partial charge in [-0.3, -0.25) is 9.69 Å². The van der Waals surface area contributed by atoms with Crippen LogP contribution in [0.3, 0.4) is 0 Å². The third-order valence-electron chi connectivity index (χ3n) is 6.15. The van der Waals surface area contributed by atoms with Crippen LogP contribution in [0.1, 0.15) is 61.5 Å². The molecule has 0 radical (unpaired) electrons. The molecule has 0 atom stereocenters. The number of aromatic nitrogens is 1. The molecule has 0 aromatic carbocycles. The van der Waals surface area contributed by atoms with Crippen molar-refractivity contribution in [1.82, 2.24) is 10.3 Å². The van der Waals surface area contributed by atoms with E-state index in [4.69, 9.17) is 0 Å². The Morgan fingerprint density at radius 2 is 2.03 bits per heavy atom. The van der Waals surface area contributed by atoms with Crippen LogP contribution in [0.15, 0.2) is 48.2 Å². The summed E-state index contributed by atoms with van der Waals surface area (Å²) in [6.45, 7) is 6.49. The maximum Gasteiger partial charge on any atom is 0.331 e. The smallest absolute Gasteiger partial charge is 0.331 e. The number of thiophene rings is 1. The highest BCUT2D eigenvalue weighted by Gasteiger charge is 2.33. The molecule has 9 heteroatoms. The summed E-state index contributed by atoms with van der Waals surface area (Å²) in [5.74, 6) is -0.134. The number of hydrogen-bond donors (Lipinski definition) is 3. The zero-order chi connectivity index (χ0) is 23.4. The first kappa shape index (κ1) is 23.6. The van der Waals surface area contributed by atoms with Gasteiger partial charge >= 0.3 is 6.03 Å². The highest BCUT2D eigenvalue weighted by atomic mass is 32.1. The lowest BCUT2D eigenvalue weighted by Gasteiger charge is -2.29. The SMILES string of the molecule is C=C/C(=C\C=C(/C)BS)N1C(=O)Nc2c(C(=O)NC3CCCCCCC3)sc3nccc1c23. The van der Waals surface area contributed by atoms with E-state index in [-0.39, 0.29) is 18.0 Å². The molecule has 1 aliphatic carbocycles. The van der Waals surface area contributed by atoms with E-state index >= 15 is 0 Å². The highest BCUT2D eigenvalue weighted by Crippen LogP contribution is 2.44. The van der Waals surface area contributed by atoms with Crippen molar-refractivity contribution in [2.75, 3.05) is 10.2 Å². The van der Waals surface area contributed by atoms with Gasteiger partial charge < -0.3 is 10.6 Å². The molecule has 0 bridgehead atoms. The van der Waals surface area contributed by atoms with E-state index in [9.17, 15) is 9.59 Å². The fraction of sp³-hybridized carbons (Fsp3) is 0.375. The molecule has 1 saturated carbocycles. The van der Waals surface area contributed by atoms with Gasteiger partial charge in [-0.05, 0) is 31.1 Å². The average molecular weight is 480 g/mol. The van der Waals surface area contributed by atoms with Crippen LogP contribution in [-0.4, -0.2) is 29.5 Å². The molecular formula is C24H29BN4O2S2. The van der Waals surface area contributed by atoms with Gasteiger partial charge in [0, 0.05) is 12.2 Å². The number of nitrogens with one attached hydrogen (secondary N) is 2. The van der Waals surface area contributed by atoms with Crippen LogP contribution in [0.2, 0.25) is 0 Å². The van der Waals surface area contributed by atoms with Crippen LogP contribution >= 0.6 is 23.8 Å². The fourth-order valence-electron chi connectivity index (χ4n) is 4.37. The maximum absolute atomic E-state index is 13.2. The Hall–Kier alpha value is -2.52. The zero-order valence-corrected chi connectivity index (χ0v) is 20.6. The molecule has 2 aliphatic rings. The molecule has 172 valence electrons. The molecule has 33 heavy (non-hydrogen) atoms. The minimum Gasteiger partial charge on any atom is -0.349 e. The normalized spacial score (nSPS) is 17.9. The minimum absolute atomic E-state index is 0.134. The van der Waals surface area contributed by atoms with Crippen molar-refractivity contribution in [2.24, 2.45) is 0 Å². The molecule has 6 nitrogen and oxygen atoms in total. The monoisotopic (exact) mass is 480 g/mol. The number of rotatable bonds is 6. The van der Waals surface area contributed by atoms with Gasteiger partial charge in [0.1, 0.15) is 9.71 Å². The summed E-state index contributed by atoms with van der Waals surface area (Å²) < 4.78 is 0. The molecule has 2 N–H and O–H groups in total. The quantitative estimate of drug-likeness (QED) is 0.280. The van der Waals surface area contributed by atoms with Crippen molar-refractivity contribution in [3.8, 4) is 0 Å². The Morgan fingerprint density at radius 3 is 2.73 bits per heavy atom. The second-order valence-electron chi connectivity index (χ2n) is 8.56. The summed E-state index contributed by atoms with van der Waals surface area (Å²) in [4.78, 5) is 33.7. The summed E-state index contributed by atoms with van der Waals surface area (Å²) in [5.41, 5.74) is 2.95. The molecule has 0 saturated heterocycles.